The van der Waals surface area contributed by atoms with Crippen molar-refractivity contribution in [3.05, 3.63) is 28.6 Å². The second kappa shape index (κ2) is 8.10. The van der Waals surface area contributed by atoms with Gasteiger partial charge in [-0.25, -0.2) is 4.98 Å². The fourth-order valence-corrected chi connectivity index (χ4v) is 5.79. The van der Waals surface area contributed by atoms with Gasteiger partial charge in [-0.1, -0.05) is 18.9 Å². The highest BCUT2D eigenvalue weighted by atomic mass is 32.1. The van der Waals surface area contributed by atoms with Gasteiger partial charge in [-0.2, -0.15) is 0 Å². The molecule has 2 aliphatic rings. The minimum absolute atomic E-state index is 0.0799. The lowest BCUT2D eigenvalue weighted by Gasteiger charge is -2.37. The van der Waals surface area contributed by atoms with Crippen molar-refractivity contribution in [2.75, 3.05) is 13.6 Å². The molecule has 1 atom stereocenters. The van der Waals surface area contributed by atoms with E-state index in [4.69, 9.17) is 0 Å². The molecule has 7 heteroatoms. The number of carbonyl (C=O) groups excluding carboxylic acids is 2. The third kappa shape index (κ3) is 4.09. The molecule has 0 unspecified atom stereocenters. The molecule has 0 spiro atoms. The maximum Gasteiger partial charge on any atom is 0.227 e. The molecule has 144 valence electrons. The average molecular weight is 404 g/mol. The van der Waals surface area contributed by atoms with E-state index in [1.807, 2.05) is 28.8 Å². The molecular weight excluding hydrogens is 378 g/mol. The third-order valence-corrected chi connectivity index (χ3v) is 7.55. The van der Waals surface area contributed by atoms with E-state index in [-0.39, 0.29) is 17.7 Å². The Bertz CT molecular complexity index is 796. The van der Waals surface area contributed by atoms with Gasteiger partial charge in [0.1, 0.15) is 5.01 Å². The summed E-state index contributed by atoms with van der Waals surface area (Å²) in [7, 11) is 1.85. The van der Waals surface area contributed by atoms with Gasteiger partial charge < -0.3 is 9.80 Å². The predicted molar refractivity (Wildman–Crippen MR) is 109 cm³/mol. The van der Waals surface area contributed by atoms with Crippen molar-refractivity contribution in [2.45, 2.75) is 51.1 Å². The van der Waals surface area contributed by atoms with Gasteiger partial charge in [0.15, 0.2) is 0 Å². The number of hydrogen-bond acceptors (Lipinski definition) is 5. The Morgan fingerprint density at radius 2 is 2.11 bits per heavy atom. The maximum absolute atomic E-state index is 13.0. The van der Waals surface area contributed by atoms with E-state index in [1.165, 1.54) is 17.7 Å². The van der Waals surface area contributed by atoms with Gasteiger partial charge in [0.25, 0.3) is 0 Å². The van der Waals surface area contributed by atoms with E-state index < -0.39 is 0 Å². The molecule has 2 aromatic rings. The van der Waals surface area contributed by atoms with Crippen LogP contribution in [0.1, 0.15) is 44.2 Å². The number of hydrogen-bond donors (Lipinski definition) is 0. The third-order valence-electron chi connectivity index (χ3n) is 5.62. The highest BCUT2D eigenvalue weighted by Crippen LogP contribution is 2.30. The zero-order valence-electron chi connectivity index (χ0n) is 15.6. The quantitative estimate of drug-likeness (QED) is 0.758. The minimum Gasteiger partial charge on any atom is -0.340 e. The lowest BCUT2D eigenvalue weighted by molar-refractivity contribution is -0.144. The summed E-state index contributed by atoms with van der Waals surface area (Å²) < 4.78 is 0. The van der Waals surface area contributed by atoms with Crippen molar-refractivity contribution < 1.29 is 9.59 Å². The molecule has 2 amide bonds. The number of thiazole rings is 1. The Kier molecular flexibility index (Phi) is 5.59. The van der Waals surface area contributed by atoms with Crippen LogP contribution in [0.5, 0.6) is 0 Å². The van der Waals surface area contributed by atoms with Crippen LogP contribution in [0.2, 0.25) is 0 Å². The van der Waals surface area contributed by atoms with Crippen LogP contribution in [0.3, 0.4) is 0 Å². The first kappa shape index (κ1) is 18.6. The Labute approximate surface area is 168 Å². The molecule has 1 saturated carbocycles. The number of piperidine rings is 1. The molecule has 1 aliphatic heterocycles. The van der Waals surface area contributed by atoms with E-state index in [1.54, 1.807) is 27.6 Å². The number of likely N-dealkylation sites (tertiary alicyclic amines) is 1. The molecule has 4 rings (SSSR count). The van der Waals surface area contributed by atoms with Crippen LogP contribution in [-0.2, 0) is 16.1 Å². The standard InChI is InChI=1S/C20H25N3O2S2/c1-22(12-15-13-27-19(21-15)17-7-4-10-26-17)20(25)14-8-9-18(24)23(11-14)16-5-2-3-6-16/h4,7,10,13-14,16H,2-3,5-6,8-9,11-12H2,1H3/t14-/m1/s1. The van der Waals surface area contributed by atoms with E-state index in [0.29, 0.717) is 32.0 Å². The van der Waals surface area contributed by atoms with Crippen LogP contribution in [0.25, 0.3) is 9.88 Å². The second-order valence-electron chi connectivity index (χ2n) is 7.54. The summed E-state index contributed by atoms with van der Waals surface area (Å²) in [5, 5.41) is 5.09. The molecule has 27 heavy (non-hydrogen) atoms. The topological polar surface area (TPSA) is 53.5 Å². The average Bonchev–Trinajstić information content (AvgIpc) is 3.42. The van der Waals surface area contributed by atoms with Gasteiger partial charge in [-0.3, -0.25) is 9.59 Å². The summed E-state index contributed by atoms with van der Waals surface area (Å²) in [4.78, 5) is 34.9. The molecule has 2 fully saturated rings. The van der Waals surface area contributed by atoms with Crippen LogP contribution >= 0.6 is 22.7 Å². The van der Waals surface area contributed by atoms with Gasteiger partial charge in [-0.05, 0) is 30.7 Å². The number of carbonyl (C=O) groups is 2. The molecular formula is C20H25N3O2S2. The molecule has 0 N–H and O–H groups in total. The van der Waals surface area contributed by atoms with Crippen LogP contribution in [0, 0.1) is 5.92 Å². The number of amides is 2. The van der Waals surface area contributed by atoms with E-state index in [9.17, 15) is 9.59 Å². The van der Waals surface area contributed by atoms with E-state index >= 15 is 0 Å². The van der Waals surface area contributed by atoms with E-state index in [0.717, 1.165) is 23.5 Å². The van der Waals surface area contributed by atoms with Crippen LogP contribution < -0.4 is 0 Å². The van der Waals surface area contributed by atoms with E-state index in [2.05, 4.69) is 11.1 Å². The second-order valence-corrected chi connectivity index (χ2v) is 9.34. The smallest absolute Gasteiger partial charge is 0.227 e. The molecule has 1 saturated heterocycles. The normalized spacial score (nSPS) is 21.0. The fourth-order valence-electron chi connectivity index (χ4n) is 4.17. The first-order valence-electron chi connectivity index (χ1n) is 9.64. The lowest BCUT2D eigenvalue weighted by Crippen LogP contribution is -2.49. The van der Waals surface area contributed by atoms with Gasteiger partial charge in [0, 0.05) is 31.4 Å². The largest absolute Gasteiger partial charge is 0.340 e. The first-order chi connectivity index (χ1) is 13.1. The highest BCUT2D eigenvalue weighted by molar-refractivity contribution is 7.20. The maximum atomic E-state index is 13.0. The number of rotatable bonds is 5. The van der Waals surface area contributed by atoms with Crippen molar-refractivity contribution in [2.24, 2.45) is 5.92 Å². The lowest BCUT2D eigenvalue weighted by atomic mass is 9.94. The summed E-state index contributed by atoms with van der Waals surface area (Å²) in [6, 6.07) is 4.45. The molecule has 0 aromatic carbocycles. The zero-order valence-corrected chi connectivity index (χ0v) is 17.2. The van der Waals surface area contributed by atoms with Crippen molar-refractivity contribution in [1.82, 2.24) is 14.8 Å². The molecule has 3 heterocycles. The monoisotopic (exact) mass is 403 g/mol. The van der Waals surface area contributed by atoms with Gasteiger partial charge in [0.05, 0.1) is 23.0 Å². The zero-order chi connectivity index (χ0) is 18.8. The minimum atomic E-state index is -0.0799. The summed E-state index contributed by atoms with van der Waals surface area (Å²) in [5.74, 6) is 0.286. The van der Waals surface area contributed by atoms with Crippen molar-refractivity contribution >= 4 is 34.5 Å². The van der Waals surface area contributed by atoms with Crippen molar-refractivity contribution in [3.8, 4) is 9.88 Å². The SMILES string of the molecule is CN(Cc1csc(-c2cccs2)n1)C(=O)[C@@H]1CCC(=O)N(C2CCCC2)C1. The van der Waals surface area contributed by atoms with Crippen LogP contribution in [0.15, 0.2) is 22.9 Å². The molecule has 5 nitrogen and oxygen atoms in total. The Morgan fingerprint density at radius 3 is 2.85 bits per heavy atom. The Balaban J connectivity index is 1.37. The predicted octanol–water partition coefficient (Wildman–Crippen LogP) is 4.01. The van der Waals surface area contributed by atoms with Crippen molar-refractivity contribution in [1.29, 1.82) is 0 Å². The molecule has 0 radical (unpaired) electrons. The van der Waals surface area contributed by atoms with Gasteiger partial charge in [0.2, 0.25) is 11.8 Å². The number of aromatic nitrogens is 1. The fraction of sp³-hybridized carbons (Fsp3) is 0.550. The Hall–Kier alpha value is -1.73. The molecule has 1 aliphatic carbocycles. The summed E-state index contributed by atoms with van der Waals surface area (Å²) >= 11 is 3.30. The molecule has 2 aromatic heterocycles. The van der Waals surface area contributed by atoms with Crippen LogP contribution in [-0.4, -0.2) is 46.2 Å². The summed E-state index contributed by atoms with van der Waals surface area (Å²) in [6.45, 7) is 1.11. The molecule has 0 bridgehead atoms. The Morgan fingerprint density at radius 1 is 1.30 bits per heavy atom. The van der Waals surface area contributed by atoms with Gasteiger partial charge >= 0.3 is 0 Å². The number of nitrogens with zero attached hydrogens (tertiary/aromatic N) is 3. The first-order valence-corrected chi connectivity index (χ1v) is 11.4. The van der Waals surface area contributed by atoms with Crippen LogP contribution in [0.4, 0.5) is 0 Å². The summed E-state index contributed by atoms with van der Waals surface area (Å²) in [6.07, 6.45) is 5.75. The highest BCUT2D eigenvalue weighted by Gasteiger charge is 2.36. The summed E-state index contributed by atoms with van der Waals surface area (Å²) in [5.41, 5.74) is 0.929. The van der Waals surface area contributed by atoms with Gasteiger partial charge in [-0.15, -0.1) is 22.7 Å². The van der Waals surface area contributed by atoms with Crippen molar-refractivity contribution in [3.63, 3.8) is 0 Å². The number of thiophene rings is 1.